The molecule has 0 N–H and O–H groups in total. The van der Waals surface area contributed by atoms with Crippen molar-refractivity contribution in [2.24, 2.45) is 11.8 Å². The molecule has 1 aliphatic heterocycles. The van der Waals surface area contributed by atoms with Crippen molar-refractivity contribution in [1.29, 1.82) is 0 Å². The van der Waals surface area contributed by atoms with Crippen LogP contribution in [0.1, 0.15) is 62.8 Å². The van der Waals surface area contributed by atoms with Crippen LogP contribution in [0.5, 0.6) is 0 Å². The molecule has 0 radical (unpaired) electrons. The second-order valence-electron chi connectivity index (χ2n) is 6.78. The lowest BCUT2D eigenvalue weighted by Crippen LogP contribution is -2.42. The molecule has 3 rings (SSSR count). The van der Waals surface area contributed by atoms with Crippen LogP contribution < -0.4 is 0 Å². The molecule has 1 saturated heterocycles. The normalized spacial score (nSPS) is 25.2. The Hall–Kier alpha value is -0.900. The van der Waals surface area contributed by atoms with Crippen LogP contribution in [0.15, 0.2) is 11.6 Å². The summed E-state index contributed by atoms with van der Waals surface area (Å²) in [4.78, 5) is 19.3. The minimum absolute atomic E-state index is 0.197. The molecule has 2 atom stereocenters. The van der Waals surface area contributed by atoms with E-state index in [1.807, 2.05) is 11.6 Å². The lowest BCUT2D eigenvalue weighted by atomic mass is 9.92. The van der Waals surface area contributed by atoms with Crippen molar-refractivity contribution in [3.05, 3.63) is 16.6 Å². The highest BCUT2D eigenvalue weighted by molar-refractivity contribution is 7.09. The maximum atomic E-state index is 12.7. The van der Waals surface area contributed by atoms with Crippen LogP contribution >= 0.6 is 11.3 Å². The van der Waals surface area contributed by atoms with Crippen LogP contribution in [0.25, 0.3) is 0 Å². The van der Waals surface area contributed by atoms with Crippen molar-refractivity contribution in [2.45, 2.75) is 57.8 Å². The molecule has 1 amide bonds. The first kappa shape index (κ1) is 15.0. The Morgan fingerprint density at radius 3 is 2.90 bits per heavy atom. The number of aromatic nitrogens is 1. The van der Waals surface area contributed by atoms with Gasteiger partial charge in [0.25, 0.3) is 0 Å². The fraction of sp³-hybridized carbons (Fsp3) is 0.765. The lowest BCUT2D eigenvalue weighted by molar-refractivity contribution is -0.136. The molecule has 2 fully saturated rings. The topological polar surface area (TPSA) is 33.2 Å². The number of nitrogens with zero attached hydrogens (tertiary/aromatic N) is 2. The van der Waals surface area contributed by atoms with Gasteiger partial charge in [-0.3, -0.25) is 4.79 Å². The van der Waals surface area contributed by atoms with Gasteiger partial charge < -0.3 is 4.90 Å². The highest BCUT2D eigenvalue weighted by atomic mass is 32.1. The Morgan fingerprint density at radius 1 is 1.38 bits per heavy atom. The van der Waals surface area contributed by atoms with Gasteiger partial charge >= 0.3 is 0 Å². The van der Waals surface area contributed by atoms with E-state index in [-0.39, 0.29) is 5.92 Å². The second kappa shape index (κ2) is 6.91. The van der Waals surface area contributed by atoms with E-state index in [1.54, 1.807) is 11.3 Å². The maximum absolute atomic E-state index is 12.7. The predicted octanol–water partition coefficient (Wildman–Crippen LogP) is 4.07. The summed E-state index contributed by atoms with van der Waals surface area (Å²) in [6, 6.07) is 0. The molecule has 1 aromatic heterocycles. The number of likely N-dealkylation sites (tertiary alicyclic amines) is 1. The molecule has 1 saturated carbocycles. The second-order valence-corrected chi connectivity index (χ2v) is 7.71. The fourth-order valence-corrected chi connectivity index (χ4v) is 4.74. The molecule has 2 heterocycles. The first-order valence-electron chi connectivity index (χ1n) is 8.42. The number of amides is 1. The van der Waals surface area contributed by atoms with Gasteiger partial charge in [-0.15, -0.1) is 11.3 Å². The molecule has 21 heavy (non-hydrogen) atoms. The summed E-state index contributed by atoms with van der Waals surface area (Å²) in [5.74, 6) is 1.83. The molecule has 3 nitrogen and oxygen atoms in total. The molecule has 1 aromatic rings. The Morgan fingerprint density at radius 2 is 2.19 bits per heavy atom. The Balaban J connectivity index is 1.56. The summed E-state index contributed by atoms with van der Waals surface area (Å²) < 4.78 is 0. The maximum Gasteiger partial charge on any atom is 0.225 e. The van der Waals surface area contributed by atoms with Crippen molar-refractivity contribution >= 4 is 17.2 Å². The first-order chi connectivity index (χ1) is 10.2. The lowest BCUT2D eigenvalue weighted by Gasteiger charge is -2.34. The van der Waals surface area contributed by atoms with Crippen molar-refractivity contribution < 1.29 is 4.79 Å². The molecule has 1 aliphatic carbocycles. The minimum Gasteiger partial charge on any atom is -0.342 e. The van der Waals surface area contributed by atoms with E-state index in [0.717, 1.165) is 31.8 Å². The smallest absolute Gasteiger partial charge is 0.225 e. The molecule has 116 valence electrons. The average molecular weight is 306 g/mol. The minimum atomic E-state index is 0.197. The number of piperidine rings is 1. The van der Waals surface area contributed by atoms with Gasteiger partial charge in [-0.05, 0) is 25.2 Å². The van der Waals surface area contributed by atoms with Crippen molar-refractivity contribution in [1.82, 2.24) is 9.88 Å². The molecule has 0 spiro atoms. The van der Waals surface area contributed by atoms with Gasteiger partial charge in [0.1, 0.15) is 0 Å². The van der Waals surface area contributed by atoms with E-state index in [0.29, 0.717) is 11.8 Å². The zero-order valence-electron chi connectivity index (χ0n) is 13.0. The molecule has 2 aliphatic rings. The summed E-state index contributed by atoms with van der Waals surface area (Å²) in [5.41, 5.74) is 0. The Labute approximate surface area is 131 Å². The van der Waals surface area contributed by atoms with Gasteiger partial charge in [0.15, 0.2) is 0 Å². The number of hydrogen-bond acceptors (Lipinski definition) is 3. The van der Waals surface area contributed by atoms with Crippen LogP contribution in [0.4, 0.5) is 0 Å². The van der Waals surface area contributed by atoms with Crippen molar-refractivity contribution in [3.63, 3.8) is 0 Å². The van der Waals surface area contributed by atoms with E-state index in [9.17, 15) is 4.79 Å². The summed E-state index contributed by atoms with van der Waals surface area (Å²) in [5, 5.41) is 3.25. The first-order valence-corrected chi connectivity index (χ1v) is 9.30. The van der Waals surface area contributed by atoms with Gasteiger partial charge in [0.2, 0.25) is 5.91 Å². The van der Waals surface area contributed by atoms with Crippen LogP contribution in [0.2, 0.25) is 0 Å². The largest absolute Gasteiger partial charge is 0.342 e. The molecule has 0 bridgehead atoms. The van der Waals surface area contributed by atoms with Gasteiger partial charge in [-0.1, -0.05) is 32.6 Å². The average Bonchev–Trinajstić information content (AvgIpc) is 3.20. The summed E-state index contributed by atoms with van der Waals surface area (Å²) in [6.07, 6.45) is 10.7. The van der Waals surface area contributed by atoms with E-state index in [1.165, 1.54) is 37.1 Å². The van der Waals surface area contributed by atoms with E-state index in [4.69, 9.17) is 0 Å². The standard InChI is InChI=1S/C17H26N2OS/c1-13(11-14-5-2-3-6-14)17(20)19-9-4-7-15(12-19)16-18-8-10-21-16/h8,10,13-15H,2-7,9,11-12H2,1H3/t13-,15-/m1/s1. The highest BCUT2D eigenvalue weighted by Gasteiger charge is 2.30. The van der Waals surface area contributed by atoms with E-state index >= 15 is 0 Å². The monoisotopic (exact) mass is 306 g/mol. The Kier molecular flexibility index (Phi) is 4.94. The quantitative estimate of drug-likeness (QED) is 0.840. The predicted molar refractivity (Wildman–Crippen MR) is 86.4 cm³/mol. The van der Waals surface area contributed by atoms with Crippen LogP contribution in [-0.4, -0.2) is 28.9 Å². The molecule has 0 unspecified atom stereocenters. The van der Waals surface area contributed by atoms with Gasteiger partial charge in [0, 0.05) is 36.5 Å². The molecular formula is C17H26N2OS. The van der Waals surface area contributed by atoms with E-state index < -0.39 is 0 Å². The Bertz CT molecular complexity index is 453. The number of carbonyl (C=O) groups excluding carboxylic acids is 1. The third-order valence-corrected chi connectivity index (χ3v) is 6.05. The molecule has 4 heteroatoms. The highest BCUT2D eigenvalue weighted by Crippen LogP contribution is 2.32. The third-order valence-electron chi connectivity index (χ3n) is 5.12. The van der Waals surface area contributed by atoms with Crippen LogP contribution in [0, 0.1) is 11.8 Å². The fourth-order valence-electron chi connectivity index (χ4n) is 3.97. The summed E-state index contributed by atoms with van der Waals surface area (Å²) in [6.45, 7) is 3.95. The van der Waals surface area contributed by atoms with E-state index in [2.05, 4.69) is 16.8 Å². The summed E-state index contributed by atoms with van der Waals surface area (Å²) in [7, 11) is 0. The number of carbonyl (C=O) groups is 1. The molecule has 0 aromatic carbocycles. The third kappa shape index (κ3) is 3.65. The number of hydrogen-bond donors (Lipinski definition) is 0. The number of thiazole rings is 1. The summed E-state index contributed by atoms with van der Waals surface area (Å²) >= 11 is 1.73. The van der Waals surface area contributed by atoms with Gasteiger partial charge in [0.05, 0.1) is 5.01 Å². The van der Waals surface area contributed by atoms with Crippen molar-refractivity contribution in [2.75, 3.05) is 13.1 Å². The SMILES string of the molecule is C[C@H](CC1CCCC1)C(=O)N1CCC[C@@H](c2nccs2)C1. The van der Waals surface area contributed by atoms with Crippen LogP contribution in [-0.2, 0) is 4.79 Å². The number of rotatable bonds is 4. The zero-order chi connectivity index (χ0) is 14.7. The van der Waals surface area contributed by atoms with Crippen LogP contribution in [0.3, 0.4) is 0 Å². The zero-order valence-corrected chi connectivity index (χ0v) is 13.8. The van der Waals surface area contributed by atoms with Gasteiger partial charge in [-0.25, -0.2) is 4.98 Å². The molecular weight excluding hydrogens is 280 g/mol. The van der Waals surface area contributed by atoms with Gasteiger partial charge in [-0.2, -0.15) is 0 Å². The van der Waals surface area contributed by atoms with Crippen molar-refractivity contribution in [3.8, 4) is 0 Å².